The van der Waals surface area contributed by atoms with Crippen molar-refractivity contribution in [2.45, 2.75) is 0 Å². The molecule has 0 aliphatic rings. The van der Waals surface area contributed by atoms with Gasteiger partial charge in [0.25, 0.3) is 5.91 Å². The predicted octanol–water partition coefficient (Wildman–Crippen LogP) is -1.20. The maximum Gasteiger partial charge on any atom is 0.341 e. The van der Waals surface area contributed by atoms with E-state index in [4.69, 9.17) is 0 Å². The Balaban J connectivity index is 2.94. The molecule has 0 saturated heterocycles. The monoisotopic (exact) mass is 156 g/mol. The average molecular weight is 156 g/mol. The summed E-state index contributed by atoms with van der Waals surface area (Å²) in [6, 6.07) is 0. The first-order valence-corrected chi connectivity index (χ1v) is 2.97. The van der Waals surface area contributed by atoms with Gasteiger partial charge in [0.05, 0.1) is 0 Å². The number of aromatic amines is 2. The summed E-state index contributed by atoms with van der Waals surface area (Å²) >= 11 is 0. The van der Waals surface area contributed by atoms with E-state index in [-0.39, 0.29) is 11.7 Å². The zero-order valence-corrected chi connectivity index (χ0v) is 6.21. The van der Waals surface area contributed by atoms with Crippen molar-refractivity contribution in [3.63, 3.8) is 0 Å². The van der Waals surface area contributed by atoms with Gasteiger partial charge in [0, 0.05) is 14.1 Å². The number of hydrogen-bond acceptors (Lipinski definition) is 3. The van der Waals surface area contributed by atoms with Crippen molar-refractivity contribution in [2.75, 3.05) is 14.1 Å². The van der Waals surface area contributed by atoms with E-state index in [0.717, 1.165) is 0 Å². The highest BCUT2D eigenvalue weighted by molar-refractivity contribution is 5.89. The summed E-state index contributed by atoms with van der Waals surface area (Å²) in [6.45, 7) is 0. The van der Waals surface area contributed by atoms with Crippen molar-refractivity contribution in [2.24, 2.45) is 0 Å². The Morgan fingerprint density at radius 3 is 2.55 bits per heavy atom. The molecule has 0 fully saturated rings. The zero-order valence-electron chi connectivity index (χ0n) is 6.21. The number of hydrogen-bond donors (Lipinski definition) is 2. The maximum absolute atomic E-state index is 11.0. The summed E-state index contributed by atoms with van der Waals surface area (Å²) in [5.74, 6) is -0.302. The molecule has 0 bridgehead atoms. The summed E-state index contributed by atoms with van der Waals surface area (Å²) in [5, 5.41) is 5.55. The van der Waals surface area contributed by atoms with Crippen LogP contribution in [0, 0.1) is 0 Å². The van der Waals surface area contributed by atoms with Crippen LogP contribution in [-0.2, 0) is 0 Å². The minimum atomic E-state index is -0.477. The SMILES string of the molecule is CN(C)C(=O)c1n[nH]c(=O)[nH]1. The van der Waals surface area contributed by atoms with Gasteiger partial charge >= 0.3 is 5.69 Å². The number of carbonyl (C=O) groups is 1. The normalized spacial score (nSPS) is 9.64. The first kappa shape index (κ1) is 7.52. The fourth-order valence-electron chi connectivity index (χ4n) is 0.583. The molecule has 1 heterocycles. The quantitative estimate of drug-likeness (QED) is 0.535. The number of H-pyrrole nitrogens is 2. The lowest BCUT2D eigenvalue weighted by Crippen LogP contribution is -2.23. The van der Waals surface area contributed by atoms with Crippen molar-refractivity contribution >= 4 is 5.91 Å². The van der Waals surface area contributed by atoms with Crippen molar-refractivity contribution in [3.05, 3.63) is 16.3 Å². The number of rotatable bonds is 1. The van der Waals surface area contributed by atoms with Gasteiger partial charge < -0.3 is 4.90 Å². The molecule has 0 aliphatic carbocycles. The third-order valence-corrected chi connectivity index (χ3v) is 1.11. The van der Waals surface area contributed by atoms with Gasteiger partial charge in [-0.05, 0) is 0 Å². The van der Waals surface area contributed by atoms with Gasteiger partial charge in [-0.2, -0.15) is 0 Å². The summed E-state index contributed by atoms with van der Waals surface area (Å²) < 4.78 is 0. The van der Waals surface area contributed by atoms with E-state index in [2.05, 4.69) is 15.2 Å². The number of nitrogens with one attached hydrogen (secondary N) is 2. The van der Waals surface area contributed by atoms with Gasteiger partial charge in [-0.1, -0.05) is 0 Å². The molecular formula is C5H8N4O2. The van der Waals surface area contributed by atoms with Crippen LogP contribution in [0.15, 0.2) is 4.79 Å². The molecule has 1 aromatic heterocycles. The van der Waals surface area contributed by atoms with E-state index in [0.29, 0.717) is 0 Å². The Morgan fingerprint density at radius 2 is 2.18 bits per heavy atom. The van der Waals surface area contributed by atoms with E-state index < -0.39 is 5.69 Å². The minimum absolute atomic E-state index is 0.0278. The highest BCUT2D eigenvalue weighted by Gasteiger charge is 2.10. The predicted molar refractivity (Wildman–Crippen MR) is 37.2 cm³/mol. The zero-order chi connectivity index (χ0) is 8.43. The van der Waals surface area contributed by atoms with E-state index >= 15 is 0 Å². The molecule has 0 saturated carbocycles. The molecule has 0 aromatic carbocycles. The lowest BCUT2D eigenvalue weighted by atomic mass is 10.5. The van der Waals surface area contributed by atoms with E-state index in [1.165, 1.54) is 4.90 Å². The molecule has 6 nitrogen and oxygen atoms in total. The molecule has 0 atom stereocenters. The van der Waals surface area contributed by atoms with Gasteiger partial charge in [-0.15, -0.1) is 5.10 Å². The van der Waals surface area contributed by atoms with Crippen molar-refractivity contribution in [1.82, 2.24) is 20.1 Å². The van der Waals surface area contributed by atoms with E-state index in [1.54, 1.807) is 14.1 Å². The standard InChI is InChI=1S/C5H8N4O2/c1-9(2)4(10)3-6-5(11)8-7-3/h1-2H3,(H2,6,7,8,11). The second-order valence-corrected chi connectivity index (χ2v) is 2.23. The van der Waals surface area contributed by atoms with Crippen molar-refractivity contribution < 1.29 is 4.79 Å². The second kappa shape index (κ2) is 2.57. The van der Waals surface area contributed by atoms with Crippen LogP contribution in [0.1, 0.15) is 10.6 Å². The molecule has 11 heavy (non-hydrogen) atoms. The molecule has 6 heteroatoms. The average Bonchev–Trinajstić information content (AvgIpc) is 2.34. The van der Waals surface area contributed by atoms with Gasteiger partial charge in [-0.3, -0.25) is 9.78 Å². The third-order valence-electron chi connectivity index (χ3n) is 1.11. The first-order valence-electron chi connectivity index (χ1n) is 2.97. The van der Waals surface area contributed by atoms with Crippen LogP contribution in [0.3, 0.4) is 0 Å². The topological polar surface area (TPSA) is 81.8 Å². The third kappa shape index (κ3) is 1.46. The maximum atomic E-state index is 11.0. The van der Waals surface area contributed by atoms with Crippen LogP contribution in [-0.4, -0.2) is 40.1 Å². The number of carbonyl (C=O) groups excluding carboxylic acids is 1. The largest absolute Gasteiger partial charge is 0.342 e. The smallest absolute Gasteiger partial charge is 0.341 e. The second-order valence-electron chi connectivity index (χ2n) is 2.23. The Hall–Kier alpha value is -1.59. The Kier molecular flexibility index (Phi) is 1.75. The summed E-state index contributed by atoms with van der Waals surface area (Å²) in [6.07, 6.45) is 0. The first-order chi connectivity index (χ1) is 5.11. The molecule has 1 amide bonds. The lowest BCUT2D eigenvalue weighted by Gasteiger charge is -2.05. The van der Waals surface area contributed by atoms with Gasteiger partial charge in [-0.25, -0.2) is 9.89 Å². The summed E-state index contributed by atoms with van der Waals surface area (Å²) in [7, 11) is 3.16. The molecule has 1 rings (SSSR count). The highest BCUT2D eigenvalue weighted by Crippen LogP contribution is 1.87. The molecule has 0 unspecified atom stereocenters. The van der Waals surface area contributed by atoms with Crippen LogP contribution in [0.4, 0.5) is 0 Å². The van der Waals surface area contributed by atoms with Gasteiger partial charge in [0.15, 0.2) is 0 Å². The molecule has 1 aromatic rings. The molecule has 0 radical (unpaired) electrons. The van der Waals surface area contributed by atoms with Crippen LogP contribution >= 0.6 is 0 Å². The molecule has 2 N–H and O–H groups in total. The highest BCUT2D eigenvalue weighted by atomic mass is 16.2. The number of amides is 1. The van der Waals surface area contributed by atoms with Gasteiger partial charge in [0.1, 0.15) is 0 Å². The fraction of sp³-hybridized carbons (Fsp3) is 0.400. The molecule has 60 valence electrons. The molecular weight excluding hydrogens is 148 g/mol. The van der Waals surface area contributed by atoms with Crippen LogP contribution in [0.2, 0.25) is 0 Å². The summed E-state index contributed by atoms with van der Waals surface area (Å²) in [4.78, 5) is 25.1. The van der Waals surface area contributed by atoms with Gasteiger partial charge in [0.2, 0.25) is 5.82 Å². The van der Waals surface area contributed by atoms with Crippen molar-refractivity contribution in [3.8, 4) is 0 Å². The Bertz CT molecular complexity index is 310. The summed E-state index contributed by atoms with van der Waals surface area (Å²) in [5.41, 5.74) is -0.477. The number of aromatic nitrogens is 3. The van der Waals surface area contributed by atoms with Crippen LogP contribution in [0.5, 0.6) is 0 Å². The lowest BCUT2D eigenvalue weighted by molar-refractivity contribution is 0.0816. The minimum Gasteiger partial charge on any atom is -0.342 e. The molecule has 0 aliphatic heterocycles. The van der Waals surface area contributed by atoms with E-state index in [9.17, 15) is 9.59 Å². The van der Waals surface area contributed by atoms with Crippen molar-refractivity contribution in [1.29, 1.82) is 0 Å². The Labute approximate surface area is 62.2 Å². The molecule has 0 spiro atoms. The Morgan fingerprint density at radius 1 is 1.55 bits per heavy atom. The van der Waals surface area contributed by atoms with E-state index in [1.807, 2.05) is 0 Å². The van der Waals surface area contributed by atoms with Crippen LogP contribution < -0.4 is 5.69 Å². The fourth-order valence-corrected chi connectivity index (χ4v) is 0.583. The van der Waals surface area contributed by atoms with Crippen LogP contribution in [0.25, 0.3) is 0 Å². The number of nitrogens with zero attached hydrogens (tertiary/aromatic N) is 2.